The third kappa shape index (κ3) is 2.61. The fraction of sp³-hybridized carbons (Fsp3) is 0.455. The van der Waals surface area contributed by atoms with Gasteiger partial charge in [-0.2, -0.15) is 0 Å². The molecule has 7 heteroatoms. The summed E-state index contributed by atoms with van der Waals surface area (Å²) in [6.07, 6.45) is 1.68. The van der Waals surface area contributed by atoms with Gasteiger partial charge in [-0.15, -0.1) is 10.2 Å². The van der Waals surface area contributed by atoms with Gasteiger partial charge >= 0.3 is 0 Å². The van der Waals surface area contributed by atoms with Gasteiger partial charge < -0.3 is 9.88 Å². The monoisotopic (exact) mass is 264 g/mol. The van der Waals surface area contributed by atoms with Crippen molar-refractivity contribution in [1.82, 2.24) is 24.7 Å². The van der Waals surface area contributed by atoms with Gasteiger partial charge in [-0.25, -0.2) is 9.97 Å². The maximum Gasteiger partial charge on any atom is 0.197 e. The first-order valence-electron chi connectivity index (χ1n) is 5.72. The van der Waals surface area contributed by atoms with Crippen LogP contribution in [-0.2, 0) is 7.05 Å². The van der Waals surface area contributed by atoms with E-state index in [1.54, 1.807) is 6.33 Å². The second kappa shape index (κ2) is 5.34. The van der Waals surface area contributed by atoms with E-state index in [0.29, 0.717) is 0 Å². The van der Waals surface area contributed by atoms with Crippen LogP contribution in [-0.4, -0.2) is 31.3 Å². The van der Waals surface area contributed by atoms with E-state index in [-0.39, 0.29) is 0 Å². The molecule has 0 saturated carbocycles. The molecule has 96 valence electrons. The number of aryl methyl sites for hydroxylation is 2. The van der Waals surface area contributed by atoms with E-state index in [1.165, 1.54) is 11.8 Å². The maximum absolute atomic E-state index is 4.46. The van der Waals surface area contributed by atoms with Crippen LogP contribution < -0.4 is 5.32 Å². The SMILES string of the molecule is CCNc1nc(C)nc(Sc2nncn2C)c1C. The number of aromatic nitrogens is 5. The second-order valence-corrected chi connectivity index (χ2v) is 4.86. The zero-order valence-electron chi connectivity index (χ0n) is 10.9. The van der Waals surface area contributed by atoms with Crippen molar-refractivity contribution in [1.29, 1.82) is 0 Å². The number of nitrogens with zero attached hydrogens (tertiary/aromatic N) is 5. The quantitative estimate of drug-likeness (QED) is 0.849. The minimum Gasteiger partial charge on any atom is -0.370 e. The summed E-state index contributed by atoms with van der Waals surface area (Å²) in [5.41, 5.74) is 1.04. The number of anilines is 1. The average molecular weight is 264 g/mol. The first-order chi connectivity index (χ1) is 8.61. The van der Waals surface area contributed by atoms with E-state index in [2.05, 4.69) is 25.5 Å². The van der Waals surface area contributed by atoms with Gasteiger partial charge in [0.15, 0.2) is 5.16 Å². The van der Waals surface area contributed by atoms with Crippen LogP contribution in [0.4, 0.5) is 5.82 Å². The molecule has 1 N–H and O–H groups in total. The molecule has 0 saturated heterocycles. The van der Waals surface area contributed by atoms with Crippen LogP contribution in [0, 0.1) is 13.8 Å². The summed E-state index contributed by atoms with van der Waals surface area (Å²) in [6.45, 7) is 6.79. The van der Waals surface area contributed by atoms with Crippen LogP contribution in [0.1, 0.15) is 18.3 Å². The lowest BCUT2D eigenvalue weighted by atomic mass is 10.3. The number of rotatable bonds is 4. The van der Waals surface area contributed by atoms with Crippen LogP contribution in [0.5, 0.6) is 0 Å². The largest absolute Gasteiger partial charge is 0.370 e. The van der Waals surface area contributed by atoms with E-state index in [1.807, 2.05) is 32.4 Å². The second-order valence-electron chi connectivity index (χ2n) is 3.91. The molecule has 0 unspecified atom stereocenters. The first-order valence-corrected chi connectivity index (χ1v) is 6.54. The Morgan fingerprint density at radius 2 is 2.11 bits per heavy atom. The third-order valence-corrected chi connectivity index (χ3v) is 3.56. The van der Waals surface area contributed by atoms with Gasteiger partial charge in [0, 0.05) is 19.2 Å². The summed E-state index contributed by atoms with van der Waals surface area (Å²) in [5, 5.41) is 12.9. The van der Waals surface area contributed by atoms with Crippen LogP contribution in [0.25, 0.3) is 0 Å². The van der Waals surface area contributed by atoms with Crippen molar-refractivity contribution in [3.05, 3.63) is 17.7 Å². The van der Waals surface area contributed by atoms with Crippen molar-refractivity contribution in [3.63, 3.8) is 0 Å². The molecule has 2 aromatic heterocycles. The normalized spacial score (nSPS) is 10.7. The summed E-state index contributed by atoms with van der Waals surface area (Å²) >= 11 is 1.50. The summed E-state index contributed by atoms with van der Waals surface area (Å²) in [5.74, 6) is 1.64. The molecule has 0 radical (unpaired) electrons. The molecule has 0 amide bonds. The molecule has 0 atom stereocenters. The van der Waals surface area contributed by atoms with Crippen LogP contribution in [0.3, 0.4) is 0 Å². The lowest BCUT2D eigenvalue weighted by Crippen LogP contribution is -2.06. The van der Waals surface area contributed by atoms with E-state index in [0.717, 1.165) is 33.9 Å². The van der Waals surface area contributed by atoms with E-state index in [9.17, 15) is 0 Å². The van der Waals surface area contributed by atoms with Crippen LogP contribution >= 0.6 is 11.8 Å². The standard InChI is InChI=1S/C11H16N6S/c1-5-12-9-7(2)10(15-8(3)14-9)18-11-16-13-6-17(11)4/h6H,5H2,1-4H3,(H,12,14,15). The smallest absolute Gasteiger partial charge is 0.197 e. The highest BCUT2D eigenvalue weighted by atomic mass is 32.2. The molecule has 0 bridgehead atoms. The number of hydrogen-bond donors (Lipinski definition) is 1. The van der Waals surface area contributed by atoms with Crippen molar-refractivity contribution in [2.45, 2.75) is 31.0 Å². The van der Waals surface area contributed by atoms with Crippen molar-refractivity contribution in [2.24, 2.45) is 7.05 Å². The Kier molecular flexibility index (Phi) is 3.81. The Balaban J connectivity index is 2.35. The molecule has 18 heavy (non-hydrogen) atoms. The van der Waals surface area contributed by atoms with Crippen molar-refractivity contribution in [3.8, 4) is 0 Å². The number of hydrogen-bond acceptors (Lipinski definition) is 6. The highest BCUT2D eigenvalue weighted by molar-refractivity contribution is 7.99. The molecular formula is C11H16N6S. The molecule has 0 aliphatic carbocycles. The zero-order chi connectivity index (χ0) is 13.1. The molecular weight excluding hydrogens is 248 g/mol. The van der Waals surface area contributed by atoms with E-state index < -0.39 is 0 Å². The van der Waals surface area contributed by atoms with Gasteiger partial charge in [-0.1, -0.05) is 0 Å². The highest BCUT2D eigenvalue weighted by Gasteiger charge is 2.12. The Labute approximate surface area is 110 Å². The zero-order valence-corrected chi connectivity index (χ0v) is 11.7. The molecule has 2 aromatic rings. The summed E-state index contributed by atoms with van der Waals surface area (Å²) < 4.78 is 1.87. The number of nitrogens with one attached hydrogen (secondary N) is 1. The van der Waals surface area contributed by atoms with Gasteiger partial charge in [0.1, 0.15) is 23.0 Å². The fourth-order valence-corrected chi connectivity index (χ4v) is 2.37. The first kappa shape index (κ1) is 12.8. The molecule has 6 nitrogen and oxygen atoms in total. The summed E-state index contributed by atoms with van der Waals surface area (Å²) in [6, 6.07) is 0. The lowest BCUT2D eigenvalue weighted by Gasteiger charge is -2.10. The van der Waals surface area contributed by atoms with Gasteiger partial charge in [-0.05, 0) is 32.5 Å². The molecule has 0 spiro atoms. The predicted molar refractivity (Wildman–Crippen MR) is 70.8 cm³/mol. The van der Waals surface area contributed by atoms with Gasteiger partial charge in [0.2, 0.25) is 0 Å². The fourth-order valence-electron chi connectivity index (χ4n) is 1.49. The van der Waals surface area contributed by atoms with E-state index in [4.69, 9.17) is 0 Å². The van der Waals surface area contributed by atoms with Gasteiger partial charge in [-0.3, -0.25) is 0 Å². The topological polar surface area (TPSA) is 68.5 Å². The Morgan fingerprint density at radius 1 is 1.33 bits per heavy atom. The Morgan fingerprint density at radius 3 is 2.72 bits per heavy atom. The van der Waals surface area contributed by atoms with Crippen molar-refractivity contribution >= 4 is 17.6 Å². The molecule has 2 rings (SSSR count). The molecule has 0 aromatic carbocycles. The van der Waals surface area contributed by atoms with E-state index >= 15 is 0 Å². The summed E-state index contributed by atoms with van der Waals surface area (Å²) in [4.78, 5) is 8.86. The molecule has 0 aliphatic rings. The molecule has 0 fully saturated rings. The minimum atomic E-state index is 0.751. The van der Waals surface area contributed by atoms with Gasteiger partial charge in [0.05, 0.1) is 0 Å². The van der Waals surface area contributed by atoms with Crippen molar-refractivity contribution in [2.75, 3.05) is 11.9 Å². The maximum atomic E-state index is 4.46. The predicted octanol–water partition coefficient (Wildman–Crippen LogP) is 1.80. The van der Waals surface area contributed by atoms with Crippen LogP contribution in [0.15, 0.2) is 16.5 Å². The average Bonchev–Trinajstić information content (AvgIpc) is 2.71. The highest BCUT2D eigenvalue weighted by Crippen LogP contribution is 2.29. The molecule has 2 heterocycles. The third-order valence-electron chi connectivity index (χ3n) is 2.41. The Bertz CT molecular complexity index is 550. The van der Waals surface area contributed by atoms with Crippen LogP contribution in [0.2, 0.25) is 0 Å². The lowest BCUT2D eigenvalue weighted by molar-refractivity contribution is 0.785. The Hall–Kier alpha value is -1.63. The minimum absolute atomic E-state index is 0.751. The summed E-state index contributed by atoms with van der Waals surface area (Å²) in [7, 11) is 1.91. The van der Waals surface area contributed by atoms with Crippen molar-refractivity contribution < 1.29 is 0 Å². The molecule has 0 aliphatic heterocycles. The van der Waals surface area contributed by atoms with Gasteiger partial charge in [0.25, 0.3) is 0 Å².